The summed E-state index contributed by atoms with van der Waals surface area (Å²) in [5.41, 5.74) is 5.49. The van der Waals surface area contributed by atoms with Crippen LogP contribution in [0.3, 0.4) is 0 Å². The van der Waals surface area contributed by atoms with Crippen LogP contribution in [0.15, 0.2) is 97.1 Å². The molecule has 4 aromatic carbocycles. The monoisotopic (exact) mass is 546 g/mol. The lowest BCUT2D eigenvalue weighted by atomic mass is 10.1. The molecule has 0 radical (unpaired) electrons. The Hall–Kier alpha value is -4.13. The van der Waals surface area contributed by atoms with Crippen molar-refractivity contribution in [3.05, 3.63) is 97.1 Å². The minimum Gasteiger partial charge on any atom is -0.492 e. The molecular formula is C35H38N4O2. The van der Waals surface area contributed by atoms with E-state index in [2.05, 4.69) is 82.4 Å². The SMILES string of the molecule is CCCCn1c(-c2cccc(Oc3ccc(-c4ccccc4)cc3)c2)nc2ccc(OCCN3CCNCC3)cc21. The Labute approximate surface area is 242 Å². The van der Waals surface area contributed by atoms with Crippen LogP contribution >= 0.6 is 0 Å². The molecule has 1 aliphatic heterocycles. The predicted octanol–water partition coefficient (Wildman–Crippen LogP) is 7.25. The Bertz CT molecular complexity index is 1560. The number of benzene rings is 4. The number of hydrogen-bond acceptors (Lipinski definition) is 5. The van der Waals surface area contributed by atoms with Gasteiger partial charge in [0.25, 0.3) is 0 Å². The Balaban J connectivity index is 1.21. The average molecular weight is 547 g/mol. The molecule has 1 N–H and O–H groups in total. The number of fused-ring (bicyclic) bond motifs is 1. The lowest BCUT2D eigenvalue weighted by Crippen LogP contribution is -2.44. The first-order valence-corrected chi connectivity index (χ1v) is 14.8. The zero-order valence-corrected chi connectivity index (χ0v) is 23.8. The van der Waals surface area contributed by atoms with Crippen LogP contribution in [0.25, 0.3) is 33.5 Å². The molecule has 2 heterocycles. The Kier molecular flexibility index (Phi) is 8.60. The van der Waals surface area contributed by atoms with Gasteiger partial charge in [0.05, 0.1) is 11.0 Å². The number of nitrogens with one attached hydrogen (secondary N) is 1. The molecule has 1 aromatic heterocycles. The molecule has 0 saturated carbocycles. The molecular weight excluding hydrogens is 508 g/mol. The number of rotatable bonds is 11. The van der Waals surface area contributed by atoms with E-state index in [1.54, 1.807) is 0 Å². The molecule has 0 bridgehead atoms. The Morgan fingerprint density at radius 3 is 2.29 bits per heavy atom. The van der Waals surface area contributed by atoms with Gasteiger partial charge in [-0.1, -0.05) is 67.9 Å². The van der Waals surface area contributed by atoms with Crippen LogP contribution in [0, 0.1) is 0 Å². The molecule has 0 spiro atoms. The lowest BCUT2D eigenvalue weighted by molar-refractivity contribution is 0.191. The smallest absolute Gasteiger partial charge is 0.141 e. The first-order chi connectivity index (χ1) is 20.3. The summed E-state index contributed by atoms with van der Waals surface area (Å²) in [5, 5.41) is 3.40. The highest BCUT2D eigenvalue weighted by Crippen LogP contribution is 2.32. The highest BCUT2D eigenvalue weighted by atomic mass is 16.5. The molecule has 6 nitrogen and oxygen atoms in total. The molecule has 1 aliphatic rings. The number of nitrogens with zero attached hydrogens (tertiary/aromatic N) is 3. The summed E-state index contributed by atoms with van der Waals surface area (Å²) < 4.78 is 14.8. The van der Waals surface area contributed by atoms with Gasteiger partial charge in [0.15, 0.2) is 0 Å². The topological polar surface area (TPSA) is 51.6 Å². The quantitative estimate of drug-likeness (QED) is 0.189. The molecule has 0 atom stereocenters. The highest BCUT2D eigenvalue weighted by molar-refractivity contribution is 5.82. The highest BCUT2D eigenvalue weighted by Gasteiger charge is 2.15. The fraction of sp³-hybridized carbons (Fsp3) is 0.286. The minimum atomic E-state index is 0.688. The predicted molar refractivity (Wildman–Crippen MR) is 167 cm³/mol. The summed E-state index contributed by atoms with van der Waals surface area (Å²) in [7, 11) is 0. The van der Waals surface area contributed by atoms with Crippen molar-refractivity contribution in [1.29, 1.82) is 0 Å². The minimum absolute atomic E-state index is 0.688. The summed E-state index contributed by atoms with van der Waals surface area (Å²) in [6.45, 7) is 9.03. The van der Waals surface area contributed by atoms with E-state index in [1.165, 1.54) is 11.1 Å². The third-order valence-electron chi connectivity index (χ3n) is 7.63. The maximum absolute atomic E-state index is 6.27. The zero-order chi connectivity index (χ0) is 27.9. The number of aryl methyl sites for hydroxylation is 1. The Morgan fingerprint density at radius 1 is 0.732 bits per heavy atom. The van der Waals surface area contributed by atoms with Crippen molar-refractivity contribution in [3.63, 3.8) is 0 Å². The number of aromatic nitrogens is 2. The van der Waals surface area contributed by atoms with Gasteiger partial charge in [-0.25, -0.2) is 4.98 Å². The number of ether oxygens (including phenoxy) is 2. The number of imidazole rings is 1. The van der Waals surface area contributed by atoms with Gasteiger partial charge in [-0.3, -0.25) is 4.90 Å². The van der Waals surface area contributed by atoms with Crippen LogP contribution < -0.4 is 14.8 Å². The summed E-state index contributed by atoms with van der Waals surface area (Å²) in [5.74, 6) is 3.45. The molecule has 0 aliphatic carbocycles. The first kappa shape index (κ1) is 27.1. The van der Waals surface area contributed by atoms with Crippen LogP contribution in [-0.4, -0.2) is 53.8 Å². The van der Waals surface area contributed by atoms with Gasteiger partial charge in [-0.15, -0.1) is 0 Å². The fourth-order valence-electron chi connectivity index (χ4n) is 5.36. The zero-order valence-electron chi connectivity index (χ0n) is 23.8. The van der Waals surface area contributed by atoms with Crippen LogP contribution in [0.4, 0.5) is 0 Å². The Morgan fingerprint density at radius 2 is 1.49 bits per heavy atom. The summed E-state index contributed by atoms with van der Waals surface area (Å²) in [6, 6.07) is 33.1. The molecule has 210 valence electrons. The maximum atomic E-state index is 6.27. The fourth-order valence-corrected chi connectivity index (χ4v) is 5.36. The van der Waals surface area contributed by atoms with E-state index < -0.39 is 0 Å². The second-order valence-electron chi connectivity index (χ2n) is 10.6. The molecule has 5 aromatic rings. The van der Waals surface area contributed by atoms with Crippen molar-refractivity contribution in [1.82, 2.24) is 19.8 Å². The van der Waals surface area contributed by atoms with E-state index in [1.807, 2.05) is 36.4 Å². The van der Waals surface area contributed by atoms with Crippen molar-refractivity contribution >= 4 is 11.0 Å². The van der Waals surface area contributed by atoms with Gasteiger partial charge in [0, 0.05) is 50.9 Å². The standard InChI is InChI=1S/C35H38N4O2/c1-2-3-20-39-34-26-31(40-24-23-38-21-18-36-19-22-38)16-17-33(34)37-35(39)29-10-7-11-32(25-29)41-30-14-12-28(13-15-30)27-8-5-4-6-9-27/h4-17,25-26,36H,2-3,18-24H2,1H3. The van der Waals surface area contributed by atoms with Gasteiger partial charge in [0.2, 0.25) is 0 Å². The van der Waals surface area contributed by atoms with Gasteiger partial charge >= 0.3 is 0 Å². The molecule has 6 rings (SSSR count). The molecule has 6 heteroatoms. The van der Waals surface area contributed by atoms with E-state index in [4.69, 9.17) is 14.5 Å². The van der Waals surface area contributed by atoms with Crippen molar-refractivity contribution in [3.8, 4) is 39.8 Å². The molecule has 0 unspecified atom stereocenters. The van der Waals surface area contributed by atoms with Crippen molar-refractivity contribution < 1.29 is 9.47 Å². The molecule has 1 fully saturated rings. The number of piperazine rings is 1. The third kappa shape index (κ3) is 6.62. The number of unbranched alkanes of at least 4 members (excludes halogenated alkanes) is 1. The van der Waals surface area contributed by atoms with Crippen LogP contribution in [0.2, 0.25) is 0 Å². The third-order valence-corrected chi connectivity index (χ3v) is 7.63. The summed E-state index contributed by atoms with van der Waals surface area (Å²) in [6.07, 6.45) is 2.19. The van der Waals surface area contributed by atoms with E-state index in [0.29, 0.717) is 6.61 Å². The summed E-state index contributed by atoms with van der Waals surface area (Å²) >= 11 is 0. The van der Waals surface area contributed by atoms with Crippen molar-refractivity contribution in [2.24, 2.45) is 0 Å². The molecule has 0 amide bonds. The summed E-state index contributed by atoms with van der Waals surface area (Å²) in [4.78, 5) is 7.51. The van der Waals surface area contributed by atoms with Gasteiger partial charge in [-0.2, -0.15) is 0 Å². The lowest BCUT2D eigenvalue weighted by Gasteiger charge is -2.26. The van der Waals surface area contributed by atoms with Gasteiger partial charge < -0.3 is 19.4 Å². The van der Waals surface area contributed by atoms with E-state index in [9.17, 15) is 0 Å². The second-order valence-corrected chi connectivity index (χ2v) is 10.6. The molecule has 1 saturated heterocycles. The van der Waals surface area contributed by atoms with Gasteiger partial charge in [0.1, 0.15) is 29.7 Å². The van der Waals surface area contributed by atoms with Gasteiger partial charge in [-0.05, 0) is 53.9 Å². The normalized spacial score (nSPS) is 13.9. The maximum Gasteiger partial charge on any atom is 0.141 e. The largest absolute Gasteiger partial charge is 0.492 e. The van der Waals surface area contributed by atoms with E-state index in [-0.39, 0.29) is 0 Å². The van der Waals surface area contributed by atoms with Crippen LogP contribution in [0.1, 0.15) is 19.8 Å². The number of hydrogen-bond donors (Lipinski definition) is 1. The van der Waals surface area contributed by atoms with Crippen molar-refractivity contribution in [2.45, 2.75) is 26.3 Å². The van der Waals surface area contributed by atoms with Crippen molar-refractivity contribution in [2.75, 3.05) is 39.3 Å². The first-order valence-electron chi connectivity index (χ1n) is 14.8. The average Bonchev–Trinajstić information content (AvgIpc) is 3.39. The van der Waals surface area contributed by atoms with Crippen LogP contribution in [0.5, 0.6) is 17.2 Å². The molecule has 41 heavy (non-hydrogen) atoms. The second kappa shape index (κ2) is 13.0. The van der Waals surface area contributed by atoms with E-state index >= 15 is 0 Å². The van der Waals surface area contributed by atoms with Crippen LogP contribution in [-0.2, 0) is 6.54 Å². The van der Waals surface area contributed by atoms with E-state index in [0.717, 1.165) is 91.8 Å².